The van der Waals surface area contributed by atoms with Crippen LogP contribution in [0, 0.1) is 5.92 Å². The van der Waals surface area contributed by atoms with Crippen LogP contribution in [0.3, 0.4) is 0 Å². The second-order valence-corrected chi connectivity index (χ2v) is 7.97. The maximum absolute atomic E-state index is 12.8. The SMILES string of the molecule is Cn1ccnc1[C@@H](NC(=O)CC[C@@H]1Cc2ccccc2NC1=O)c1ccc(Cl)cc1. The summed E-state index contributed by atoms with van der Waals surface area (Å²) in [6, 6.07) is 14.7. The molecule has 2 atom stereocenters. The van der Waals surface area contributed by atoms with E-state index in [0.29, 0.717) is 17.9 Å². The Kier molecular flexibility index (Phi) is 5.86. The second-order valence-electron chi connectivity index (χ2n) is 7.53. The van der Waals surface area contributed by atoms with Crippen LogP contribution < -0.4 is 10.6 Å². The number of amides is 2. The van der Waals surface area contributed by atoms with Gasteiger partial charge in [0, 0.05) is 42.5 Å². The number of nitrogens with one attached hydrogen (secondary N) is 2. The number of nitrogens with zero attached hydrogens (tertiary/aromatic N) is 2. The molecule has 6 nitrogen and oxygen atoms in total. The summed E-state index contributed by atoms with van der Waals surface area (Å²) in [5, 5.41) is 6.64. The highest BCUT2D eigenvalue weighted by Gasteiger charge is 2.27. The largest absolute Gasteiger partial charge is 0.342 e. The maximum atomic E-state index is 12.8. The monoisotopic (exact) mass is 422 g/mol. The molecule has 1 aromatic heterocycles. The minimum atomic E-state index is -0.393. The summed E-state index contributed by atoms with van der Waals surface area (Å²) >= 11 is 6.02. The molecule has 30 heavy (non-hydrogen) atoms. The van der Waals surface area contributed by atoms with Gasteiger partial charge in [-0.1, -0.05) is 41.9 Å². The van der Waals surface area contributed by atoms with Gasteiger partial charge in [-0.05, 0) is 42.2 Å². The van der Waals surface area contributed by atoms with E-state index < -0.39 is 6.04 Å². The molecule has 4 rings (SSSR count). The molecule has 1 aliphatic heterocycles. The third kappa shape index (κ3) is 4.39. The topological polar surface area (TPSA) is 76.0 Å². The summed E-state index contributed by atoms with van der Waals surface area (Å²) in [5.74, 6) is 0.368. The third-order valence-corrected chi connectivity index (χ3v) is 5.71. The number of hydrogen-bond donors (Lipinski definition) is 2. The van der Waals surface area contributed by atoms with E-state index in [1.54, 1.807) is 18.3 Å². The predicted octanol–water partition coefficient (Wildman–Crippen LogP) is 3.87. The lowest BCUT2D eigenvalue weighted by atomic mass is 9.89. The Morgan fingerprint density at radius 1 is 1.27 bits per heavy atom. The number of carbonyl (C=O) groups is 2. The van der Waals surface area contributed by atoms with Crippen LogP contribution >= 0.6 is 11.6 Å². The number of fused-ring (bicyclic) bond motifs is 1. The predicted molar refractivity (Wildman–Crippen MR) is 116 cm³/mol. The standard InChI is InChI=1S/C23H23ClN4O2/c1-28-13-12-25-22(28)21(15-6-9-18(24)10-7-15)27-20(29)11-8-17-14-16-4-2-3-5-19(16)26-23(17)30/h2-7,9-10,12-13,17,21H,8,11,14H2,1H3,(H,26,30)(H,27,29)/t17-,21+/m1/s1. The fourth-order valence-corrected chi connectivity index (χ4v) is 3.92. The Bertz CT molecular complexity index is 1060. The zero-order valence-corrected chi connectivity index (χ0v) is 17.4. The number of halogens is 1. The number of imidazole rings is 1. The zero-order valence-electron chi connectivity index (χ0n) is 16.6. The highest BCUT2D eigenvalue weighted by molar-refractivity contribution is 6.30. The van der Waals surface area contributed by atoms with Crippen molar-refractivity contribution in [3.8, 4) is 0 Å². The van der Waals surface area contributed by atoms with Gasteiger partial charge in [0.05, 0.1) is 0 Å². The van der Waals surface area contributed by atoms with Gasteiger partial charge in [0.2, 0.25) is 11.8 Å². The van der Waals surface area contributed by atoms with Gasteiger partial charge in [-0.2, -0.15) is 0 Å². The summed E-state index contributed by atoms with van der Waals surface area (Å²) in [5.41, 5.74) is 2.86. The Labute approximate surface area is 180 Å². The van der Waals surface area contributed by atoms with E-state index in [4.69, 9.17) is 11.6 Å². The van der Waals surface area contributed by atoms with Crippen LogP contribution in [-0.2, 0) is 23.1 Å². The number of anilines is 1. The summed E-state index contributed by atoms with van der Waals surface area (Å²) < 4.78 is 1.88. The van der Waals surface area contributed by atoms with E-state index >= 15 is 0 Å². The Hall–Kier alpha value is -3.12. The van der Waals surface area contributed by atoms with Crippen molar-refractivity contribution in [2.75, 3.05) is 5.32 Å². The fraction of sp³-hybridized carbons (Fsp3) is 0.261. The molecule has 2 heterocycles. The van der Waals surface area contributed by atoms with Crippen molar-refractivity contribution >= 4 is 29.1 Å². The molecule has 7 heteroatoms. The number of benzene rings is 2. The molecule has 2 N–H and O–H groups in total. The molecule has 154 valence electrons. The molecule has 0 aliphatic carbocycles. The molecule has 0 spiro atoms. The summed E-state index contributed by atoms with van der Waals surface area (Å²) in [4.78, 5) is 29.6. The van der Waals surface area contributed by atoms with Crippen LogP contribution in [0.25, 0.3) is 0 Å². The van der Waals surface area contributed by atoms with E-state index in [1.807, 2.05) is 54.2 Å². The van der Waals surface area contributed by atoms with Crippen LogP contribution in [-0.4, -0.2) is 21.4 Å². The third-order valence-electron chi connectivity index (χ3n) is 5.46. The number of hydrogen-bond acceptors (Lipinski definition) is 3. The van der Waals surface area contributed by atoms with Crippen molar-refractivity contribution in [3.05, 3.63) is 82.9 Å². The number of rotatable bonds is 6. The molecular formula is C23H23ClN4O2. The number of para-hydroxylation sites is 1. The first-order chi connectivity index (χ1) is 14.5. The van der Waals surface area contributed by atoms with Crippen LogP contribution in [0.15, 0.2) is 60.9 Å². The van der Waals surface area contributed by atoms with Gasteiger partial charge in [-0.3, -0.25) is 9.59 Å². The van der Waals surface area contributed by atoms with Crippen molar-refractivity contribution in [1.29, 1.82) is 0 Å². The van der Waals surface area contributed by atoms with Gasteiger partial charge >= 0.3 is 0 Å². The zero-order chi connectivity index (χ0) is 21.1. The number of aryl methyl sites for hydroxylation is 1. The van der Waals surface area contributed by atoms with Crippen LogP contribution in [0.1, 0.15) is 35.8 Å². The average molecular weight is 423 g/mol. The first kappa shape index (κ1) is 20.2. The summed E-state index contributed by atoms with van der Waals surface area (Å²) in [7, 11) is 1.89. The number of aromatic nitrogens is 2. The minimum Gasteiger partial charge on any atom is -0.342 e. The second kappa shape index (κ2) is 8.71. The van der Waals surface area contributed by atoms with E-state index in [0.717, 1.165) is 22.6 Å². The molecule has 0 fully saturated rings. The first-order valence-electron chi connectivity index (χ1n) is 9.92. The van der Waals surface area contributed by atoms with Gasteiger partial charge < -0.3 is 15.2 Å². The van der Waals surface area contributed by atoms with Crippen LogP contribution in [0.4, 0.5) is 5.69 Å². The van der Waals surface area contributed by atoms with E-state index in [2.05, 4.69) is 15.6 Å². The molecule has 0 saturated carbocycles. The van der Waals surface area contributed by atoms with Crippen LogP contribution in [0.2, 0.25) is 5.02 Å². The lowest BCUT2D eigenvalue weighted by molar-refractivity contribution is -0.123. The average Bonchev–Trinajstić information content (AvgIpc) is 3.17. The van der Waals surface area contributed by atoms with Gasteiger partial charge in [0.1, 0.15) is 11.9 Å². The normalized spacial score (nSPS) is 16.5. The van der Waals surface area contributed by atoms with Gasteiger partial charge in [0.25, 0.3) is 0 Å². The van der Waals surface area contributed by atoms with Gasteiger partial charge in [-0.25, -0.2) is 4.98 Å². The molecule has 1 aliphatic rings. The Morgan fingerprint density at radius 2 is 2.03 bits per heavy atom. The smallest absolute Gasteiger partial charge is 0.227 e. The highest BCUT2D eigenvalue weighted by atomic mass is 35.5. The molecule has 2 amide bonds. The van der Waals surface area contributed by atoms with Gasteiger partial charge in [-0.15, -0.1) is 0 Å². The molecular weight excluding hydrogens is 400 g/mol. The quantitative estimate of drug-likeness (QED) is 0.633. The highest BCUT2D eigenvalue weighted by Crippen LogP contribution is 2.28. The maximum Gasteiger partial charge on any atom is 0.227 e. The number of carbonyl (C=O) groups excluding carboxylic acids is 2. The minimum absolute atomic E-state index is 0.0279. The van der Waals surface area contributed by atoms with E-state index in [1.165, 1.54) is 0 Å². The summed E-state index contributed by atoms with van der Waals surface area (Å²) in [6.45, 7) is 0. The van der Waals surface area contributed by atoms with Crippen LogP contribution in [0.5, 0.6) is 0 Å². The lowest BCUT2D eigenvalue weighted by Gasteiger charge is -2.25. The fourth-order valence-electron chi connectivity index (χ4n) is 3.79. The first-order valence-corrected chi connectivity index (χ1v) is 10.3. The van der Waals surface area contributed by atoms with E-state index in [-0.39, 0.29) is 24.2 Å². The van der Waals surface area contributed by atoms with Crippen molar-refractivity contribution in [3.63, 3.8) is 0 Å². The Balaban J connectivity index is 1.44. The Morgan fingerprint density at radius 3 is 2.77 bits per heavy atom. The van der Waals surface area contributed by atoms with Crippen molar-refractivity contribution < 1.29 is 9.59 Å². The van der Waals surface area contributed by atoms with Crippen molar-refractivity contribution in [1.82, 2.24) is 14.9 Å². The molecule has 0 radical (unpaired) electrons. The van der Waals surface area contributed by atoms with Crippen molar-refractivity contribution in [2.45, 2.75) is 25.3 Å². The molecule has 0 unspecified atom stereocenters. The molecule has 2 aromatic carbocycles. The molecule has 0 saturated heterocycles. The summed E-state index contributed by atoms with van der Waals surface area (Å²) in [6.07, 6.45) is 4.94. The lowest BCUT2D eigenvalue weighted by Crippen LogP contribution is -2.34. The molecule has 3 aromatic rings. The van der Waals surface area contributed by atoms with E-state index in [9.17, 15) is 9.59 Å². The van der Waals surface area contributed by atoms with Crippen molar-refractivity contribution in [2.24, 2.45) is 13.0 Å². The van der Waals surface area contributed by atoms with Gasteiger partial charge in [0.15, 0.2) is 0 Å². The molecule has 0 bridgehead atoms.